The van der Waals surface area contributed by atoms with Crippen LogP contribution < -0.4 is 5.32 Å². The molecule has 56 heavy (non-hydrogen) atoms. The van der Waals surface area contributed by atoms with Crippen molar-refractivity contribution in [1.82, 2.24) is 5.32 Å². The van der Waals surface area contributed by atoms with Crippen LogP contribution in [0.5, 0.6) is 0 Å². The second-order valence-corrected chi connectivity index (χ2v) is 16.1. The highest BCUT2D eigenvalue weighted by molar-refractivity contribution is 5.76. The van der Waals surface area contributed by atoms with Crippen molar-refractivity contribution >= 4 is 11.9 Å². The minimum atomic E-state index is -0.858. The first-order valence-corrected chi connectivity index (χ1v) is 23.9. The highest BCUT2D eigenvalue weighted by Crippen LogP contribution is 2.13. The number of aliphatic hydroxyl groups is 2. The lowest BCUT2D eigenvalue weighted by molar-refractivity contribution is -0.143. The largest absolute Gasteiger partial charge is 0.466 e. The van der Waals surface area contributed by atoms with Crippen LogP contribution in [0.25, 0.3) is 0 Å². The number of esters is 1. The average molecular weight is 786 g/mol. The Labute approximate surface area is 346 Å². The molecule has 0 aromatic heterocycles. The van der Waals surface area contributed by atoms with Gasteiger partial charge in [0.05, 0.1) is 25.4 Å². The summed E-state index contributed by atoms with van der Waals surface area (Å²) in [5.74, 6) is -0.128. The van der Waals surface area contributed by atoms with Gasteiger partial charge in [0, 0.05) is 12.8 Å². The Morgan fingerprint density at radius 2 is 0.893 bits per heavy atom. The summed E-state index contributed by atoms with van der Waals surface area (Å²) in [5.41, 5.74) is 0. The molecule has 0 aromatic rings. The van der Waals surface area contributed by atoms with E-state index in [1.54, 1.807) is 6.08 Å². The molecule has 0 saturated heterocycles. The van der Waals surface area contributed by atoms with E-state index in [4.69, 9.17) is 4.74 Å². The summed E-state index contributed by atoms with van der Waals surface area (Å²) in [6, 6.07) is -0.643. The second-order valence-electron chi connectivity index (χ2n) is 16.1. The number of ether oxygens (including phenoxy) is 1. The van der Waals surface area contributed by atoms with Crippen molar-refractivity contribution in [3.05, 3.63) is 48.6 Å². The Morgan fingerprint density at radius 3 is 1.39 bits per heavy atom. The molecule has 6 nitrogen and oxygen atoms in total. The van der Waals surface area contributed by atoms with Gasteiger partial charge in [0.1, 0.15) is 0 Å². The third kappa shape index (κ3) is 41.5. The first-order valence-electron chi connectivity index (χ1n) is 23.9. The standard InChI is InChI=1S/C50H91NO5/c1-3-5-7-9-11-13-15-19-24-28-32-36-40-44-50(55)56-45-41-37-33-29-25-21-18-16-17-20-23-27-31-35-39-43-49(54)51-47(46-52)48(53)42-38-34-30-26-22-14-12-10-8-6-4-2/h13,15-16,18,21,25,38,42,47-48,52-53H,3-12,14,17,19-20,22-24,26-37,39-41,43-46H2,1-2H3,(H,51,54)/b15-13-,18-16-,25-21-,42-38+. The van der Waals surface area contributed by atoms with Gasteiger partial charge in [-0.2, -0.15) is 0 Å². The SMILES string of the molecule is CCCCCC/C=C\CCCCCCCC(=O)OCCCCC/C=C\C=C/CCCCCCCCC(=O)NC(CO)C(O)/C=C/CCCCCCCCCCC. The van der Waals surface area contributed by atoms with Crippen molar-refractivity contribution in [3.8, 4) is 0 Å². The zero-order valence-electron chi connectivity index (χ0n) is 36.8. The van der Waals surface area contributed by atoms with Gasteiger partial charge in [0.2, 0.25) is 5.91 Å². The fraction of sp³-hybridized carbons (Fsp3) is 0.800. The van der Waals surface area contributed by atoms with Crippen molar-refractivity contribution in [2.75, 3.05) is 13.2 Å². The minimum absolute atomic E-state index is 0.0335. The molecule has 0 bridgehead atoms. The van der Waals surface area contributed by atoms with Crippen molar-refractivity contribution < 1.29 is 24.5 Å². The number of hydrogen-bond acceptors (Lipinski definition) is 5. The highest BCUT2D eigenvalue weighted by atomic mass is 16.5. The van der Waals surface area contributed by atoms with Crippen molar-refractivity contribution in [1.29, 1.82) is 0 Å². The number of rotatable bonds is 43. The molecule has 3 N–H and O–H groups in total. The zero-order valence-corrected chi connectivity index (χ0v) is 36.8. The smallest absolute Gasteiger partial charge is 0.305 e. The fourth-order valence-electron chi connectivity index (χ4n) is 6.85. The molecular weight excluding hydrogens is 695 g/mol. The van der Waals surface area contributed by atoms with Gasteiger partial charge < -0.3 is 20.3 Å². The number of allylic oxidation sites excluding steroid dienone is 7. The molecule has 0 radical (unpaired) electrons. The molecule has 0 aromatic carbocycles. The molecule has 0 spiro atoms. The van der Waals surface area contributed by atoms with Crippen LogP contribution in [0.15, 0.2) is 48.6 Å². The van der Waals surface area contributed by atoms with Crippen molar-refractivity contribution in [2.45, 2.75) is 244 Å². The summed E-state index contributed by atoms with van der Waals surface area (Å²) in [5, 5.41) is 22.9. The van der Waals surface area contributed by atoms with E-state index < -0.39 is 12.1 Å². The Bertz CT molecular complexity index is 957. The van der Waals surface area contributed by atoms with E-state index in [-0.39, 0.29) is 18.5 Å². The maximum absolute atomic E-state index is 12.4. The molecule has 0 fully saturated rings. The van der Waals surface area contributed by atoms with Crippen LogP contribution in [0.3, 0.4) is 0 Å². The van der Waals surface area contributed by atoms with Crippen LogP contribution in [-0.2, 0) is 14.3 Å². The van der Waals surface area contributed by atoms with E-state index in [1.807, 2.05) is 6.08 Å². The van der Waals surface area contributed by atoms with Gasteiger partial charge in [-0.25, -0.2) is 0 Å². The summed E-state index contributed by atoms with van der Waals surface area (Å²) in [6.45, 7) is 4.79. The van der Waals surface area contributed by atoms with Crippen LogP contribution >= 0.6 is 0 Å². The Kier molecular flexibility index (Phi) is 43.7. The quantitative estimate of drug-likeness (QED) is 0.0248. The molecule has 0 rings (SSSR count). The molecule has 326 valence electrons. The number of hydrogen-bond donors (Lipinski definition) is 3. The maximum Gasteiger partial charge on any atom is 0.305 e. The van der Waals surface area contributed by atoms with Crippen molar-refractivity contribution in [3.63, 3.8) is 0 Å². The van der Waals surface area contributed by atoms with Crippen LogP contribution in [0.2, 0.25) is 0 Å². The molecule has 0 saturated carbocycles. The Balaban J connectivity index is 3.57. The molecule has 0 heterocycles. The van der Waals surface area contributed by atoms with Crippen LogP contribution in [0.1, 0.15) is 232 Å². The molecule has 0 aliphatic rings. The minimum Gasteiger partial charge on any atom is -0.466 e. The lowest BCUT2D eigenvalue weighted by atomic mass is 10.1. The predicted octanol–water partition coefficient (Wildman–Crippen LogP) is 13.9. The first kappa shape index (κ1) is 53.8. The summed E-state index contributed by atoms with van der Waals surface area (Å²) < 4.78 is 5.42. The predicted molar refractivity (Wildman–Crippen MR) is 241 cm³/mol. The summed E-state index contributed by atoms with van der Waals surface area (Å²) in [6.07, 6.45) is 55.3. The lowest BCUT2D eigenvalue weighted by Crippen LogP contribution is -2.45. The number of aliphatic hydroxyl groups excluding tert-OH is 2. The molecule has 2 unspecified atom stereocenters. The molecule has 1 amide bonds. The van der Waals surface area contributed by atoms with Crippen LogP contribution in [0, 0.1) is 0 Å². The number of nitrogens with one attached hydrogen (secondary N) is 1. The van der Waals surface area contributed by atoms with Gasteiger partial charge in [0.25, 0.3) is 0 Å². The van der Waals surface area contributed by atoms with E-state index in [9.17, 15) is 19.8 Å². The molecule has 0 aliphatic heterocycles. The Morgan fingerprint density at radius 1 is 0.500 bits per heavy atom. The molecule has 2 atom stereocenters. The summed E-state index contributed by atoms with van der Waals surface area (Å²) in [7, 11) is 0. The number of unbranched alkanes of at least 4 members (excludes halogenated alkanes) is 27. The first-order chi connectivity index (χ1) is 27.5. The third-order valence-corrected chi connectivity index (χ3v) is 10.6. The maximum atomic E-state index is 12.4. The van der Waals surface area contributed by atoms with Gasteiger partial charge in [0.15, 0.2) is 0 Å². The van der Waals surface area contributed by atoms with Crippen LogP contribution in [0.4, 0.5) is 0 Å². The van der Waals surface area contributed by atoms with E-state index in [2.05, 4.69) is 55.6 Å². The van der Waals surface area contributed by atoms with E-state index in [1.165, 1.54) is 128 Å². The van der Waals surface area contributed by atoms with Gasteiger partial charge >= 0.3 is 5.97 Å². The van der Waals surface area contributed by atoms with Gasteiger partial charge in [-0.3, -0.25) is 9.59 Å². The van der Waals surface area contributed by atoms with Crippen molar-refractivity contribution in [2.24, 2.45) is 0 Å². The molecular formula is C50H91NO5. The van der Waals surface area contributed by atoms with Gasteiger partial charge in [-0.1, -0.05) is 178 Å². The zero-order chi connectivity index (χ0) is 40.8. The highest BCUT2D eigenvalue weighted by Gasteiger charge is 2.18. The Hall–Kier alpha value is -2.18. The number of carbonyl (C=O) groups excluding carboxylic acids is 2. The van der Waals surface area contributed by atoms with E-state index in [0.29, 0.717) is 19.4 Å². The third-order valence-electron chi connectivity index (χ3n) is 10.6. The fourth-order valence-corrected chi connectivity index (χ4v) is 6.85. The lowest BCUT2D eigenvalue weighted by Gasteiger charge is -2.20. The monoisotopic (exact) mass is 786 g/mol. The van der Waals surface area contributed by atoms with Crippen LogP contribution in [-0.4, -0.2) is 47.4 Å². The number of carbonyl (C=O) groups is 2. The normalized spacial score (nSPS) is 13.1. The second kappa shape index (κ2) is 45.5. The van der Waals surface area contributed by atoms with Gasteiger partial charge in [-0.15, -0.1) is 0 Å². The number of amides is 1. The summed E-state index contributed by atoms with van der Waals surface area (Å²) in [4.78, 5) is 24.3. The van der Waals surface area contributed by atoms with E-state index in [0.717, 1.165) is 77.0 Å². The molecule has 6 heteroatoms. The van der Waals surface area contributed by atoms with Gasteiger partial charge in [-0.05, 0) is 89.9 Å². The summed E-state index contributed by atoms with van der Waals surface area (Å²) >= 11 is 0. The molecule has 0 aliphatic carbocycles. The topological polar surface area (TPSA) is 95.9 Å². The van der Waals surface area contributed by atoms with E-state index >= 15 is 0 Å². The average Bonchev–Trinajstić information content (AvgIpc) is 3.20.